The van der Waals surface area contributed by atoms with Gasteiger partial charge in [0.2, 0.25) is 0 Å². The molecule has 8 heteroatoms. The maximum absolute atomic E-state index is 12.7. The molecule has 0 aliphatic carbocycles. The number of nitrogens with zero attached hydrogens (tertiary/aromatic N) is 2. The number of aryl methyl sites for hydroxylation is 2. The Morgan fingerprint density at radius 2 is 2.00 bits per heavy atom. The van der Waals surface area contributed by atoms with E-state index in [1.54, 1.807) is 34.9 Å². The fourth-order valence-corrected chi connectivity index (χ4v) is 4.41. The number of hydrogen-bond acceptors (Lipinski definition) is 6. The lowest BCUT2D eigenvalue weighted by molar-refractivity contribution is 0.0474. The number of hydrogen-bond donors (Lipinski definition) is 0. The number of fused-ring (bicyclic) bond motifs is 3. The van der Waals surface area contributed by atoms with Gasteiger partial charge in [-0.2, -0.15) is 0 Å². The van der Waals surface area contributed by atoms with Gasteiger partial charge in [0.1, 0.15) is 18.0 Å². The maximum atomic E-state index is 12.7. The normalized spacial score (nSPS) is 12.9. The molecule has 0 unspecified atom stereocenters. The summed E-state index contributed by atoms with van der Waals surface area (Å²) in [6.45, 7) is 2.50. The van der Waals surface area contributed by atoms with Gasteiger partial charge >= 0.3 is 11.6 Å². The quantitative estimate of drug-likeness (QED) is 0.344. The molecule has 0 amide bonds. The third kappa shape index (κ3) is 3.48. The third-order valence-electron chi connectivity index (χ3n) is 5.79. The third-order valence-corrected chi connectivity index (χ3v) is 6.14. The second-order valence-electron chi connectivity index (χ2n) is 7.78. The molecule has 32 heavy (non-hydrogen) atoms. The predicted octanol–water partition coefficient (Wildman–Crippen LogP) is 4.02. The number of ether oxygens (including phenoxy) is 1. The highest BCUT2D eigenvalue weighted by molar-refractivity contribution is 6.32. The van der Waals surface area contributed by atoms with Crippen LogP contribution in [0.1, 0.15) is 40.7 Å². The first-order valence-electron chi connectivity index (χ1n) is 10.4. The van der Waals surface area contributed by atoms with Crippen LogP contribution in [0.25, 0.3) is 21.9 Å². The first-order chi connectivity index (χ1) is 15.4. The average Bonchev–Trinajstić information content (AvgIpc) is 3.25. The lowest BCUT2D eigenvalue weighted by Crippen LogP contribution is -2.21. The van der Waals surface area contributed by atoms with Crippen molar-refractivity contribution in [3.05, 3.63) is 84.7 Å². The molecule has 7 nitrogen and oxygen atoms in total. The lowest BCUT2D eigenvalue weighted by Gasteiger charge is -2.10. The van der Waals surface area contributed by atoms with Crippen LogP contribution in [0.4, 0.5) is 0 Å². The van der Waals surface area contributed by atoms with E-state index in [1.165, 1.54) is 6.07 Å². The van der Waals surface area contributed by atoms with Gasteiger partial charge in [0, 0.05) is 35.0 Å². The zero-order chi connectivity index (χ0) is 22.4. The highest BCUT2D eigenvalue weighted by atomic mass is 35.5. The molecule has 0 saturated carbocycles. The molecule has 0 bridgehead atoms. The molecule has 0 spiro atoms. The highest BCUT2D eigenvalue weighted by Crippen LogP contribution is 2.27. The molecule has 2 aromatic carbocycles. The van der Waals surface area contributed by atoms with E-state index in [2.05, 4.69) is 4.98 Å². The zero-order valence-electron chi connectivity index (χ0n) is 17.3. The molecule has 0 atom stereocenters. The summed E-state index contributed by atoms with van der Waals surface area (Å²) in [5, 5.41) is 1.64. The van der Waals surface area contributed by atoms with Crippen molar-refractivity contribution in [3.63, 3.8) is 0 Å². The first-order valence-corrected chi connectivity index (χ1v) is 10.8. The molecule has 0 N–H and O–H groups in total. The average molecular weight is 451 g/mol. The van der Waals surface area contributed by atoms with Gasteiger partial charge in [-0.15, -0.1) is 0 Å². The molecule has 162 valence electrons. The summed E-state index contributed by atoms with van der Waals surface area (Å²) in [5.74, 6) is 0.158. The largest absolute Gasteiger partial charge is 0.457 e. The lowest BCUT2D eigenvalue weighted by atomic mass is 10.1. The fourth-order valence-electron chi connectivity index (χ4n) is 4.12. The number of esters is 1. The second kappa shape index (κ2) is 7.91. The van der Waals surface area contributed by atoms with E-state index in [4.69, 9.17) is 20.8 Å². The van der Waals surface area contributed by atoms with Crippen LogP contribution in [0.15, 0.2) is 50.4 Å². The monoisotopic (exact) mass is 450 g/mol. The van der Waals surface area contributed by atoms with Crippen LogP contribution in [0.2, 0.25) is 5.02 Å². The Balaban J connectivity index is 1.45. The molecule has 1 aliphatic rings. The van der Waals surface area contributed by atoms with Crippen molar-refractivity contribution in [1.82, 2.24) is 9.55 Å². The van der Waals surface area contributed by atoms with Crippen LogP contribution < -0.4 is 11.2 Å². The van der Waals surface area contributed by atoms with E-state index in [0.29, 0.717) is 45.4 Å². The molecular formula is C24H19ClN2O5. The van der Waals surface area contributed by atoms with Gasteiger partial charge < -0.3 is 9.15 Å². The number of rotatable bonds is 4. The van der Waals surface area contributed by atoms with Crippen molar-refractivity contribution >= 4 is 39.4 Å². The highest BCUT2D eigenvalue weighted by Gasteiger charge is 2.18. The van der Waals surface area contributed by atoms with Crippen molar-refractivity contribution in [3.8, 4) is 0 Å². The Bertz CT molecular complexity index is 1520. The van der Waals surface area contributed by atoms with Crippen LogP contribution >= 0.6 is 11.6 Å². The van der Waals surface area contributed by atoms with Crippen LogP contribution in [0.5, 0.6) is 0 Å². The molecule has 5 rings (SSSR count). The van der Waals surface area contributed by atoms with Gasteiger partial charge in [-0.05, 0) is 48.7 Å². The Labute approximate surface area is 187 Å². The van der Waals surface area contributed by atoms with Gasteiger partial charge in [-0.25, -0.2) is 14.6 Å². The first kappa shape index (κ1) is 20.5. The molecule has 0 radical (unpaired) electrons. The summed E-state index contributed by atoms with van der Waals surface area (Å²) < 4.78 is 12.4. The Morgan fingerprint density at radius 1 is 1.16 bits per heavy atom. The second-order valence-corrected chi connectivity index (χ2v) is 8.19. The molecule has 3 heterocycles. The molecule has 1 aliphatic heterocycles. The maximum Gasteiger partial charge on any atom is 0.338 e. The SMILES string of the molecule is CCc1cc2oc(=O)cc(COC(=O)c3ccc4c(=O)n5c(nc4c3)CCC5)c2cc1Cl. The zero-order valence-corrected chi connectivity index (χ0v) is 18.1. The minimum Gasteiger partial charge on any atom is -0.457 e. The van der Waals surface area contributed by atoms with E-state index < -0.39 is 11.6 Å². The van der Waals surface area contributed by atoms with Crippen molar-refractivity contribution in [2.45, 2.75) is 39.3 Å². The smallest absolute Gasteiger partial charge is 0.338 e. The Morgan fingerprint density at radius 3 is 2.81 bits per heavy atom. The van der Waals surface area contributed by atoms with Crippen LogP contribution in [0, 0.1) is 0 Å². The fraction of sp³-hybridized carbons (Fsp3) is 0.250. The number of carbonyl (C=O) groups excluding carboxylic acids is 1. The minimum atomic E-state index is -0.577. The Hall–Kier alpha value is -3.45. The van der Waals surface area contributed by atoms with Crippen molar-refractivity contribution < 1.29 is 13.9 Å². The van der Waals surface area contributed by atoms with E-state index in [0.717, 1.165) is 24.2 Å². The van der Waals surface area contributed by atoms with E-state index in [9.17, 15) is 14.4 Å². The van der Waals surface area contributed by atoms with Crippen molar-refractivity contribution in [2.24, 2.45) is 0 Å². The Kier molecular flexibility index (Phi) is 5.06. The number of benzene rings is 2. The standard InChI is InChI=1S/C24H19ClN2O5/c1-2-13-9-20-17(11-18(13)25)15(10-22(28)32-20)12-31-24(30)14-5-6-16-19(8-14)26-21-4-3-7-27(21)23(16)29/h5-6,8-11H,2-4,7,12H2,1H3. The van der Waals surface area contributed by atoms with Gasteiger partial charge in [-0.1, -0.05) is 18.5 Å². The van der Waals surface area contributed by atoms with Crippen molar-refractivity contribution in [1.29, 1.82) is 0 Å². The molecule has 0 saturated heterocycles. The minimum absolute atomic E-state index is 0.0896. The van der Waals surface area contributed by atoms with Gasteiger partial charge in [-0.3, -0.25) is 9.36 Å². The number of halogens is 1. The van der Waals surface area contributed by atoms with E-state index in [-0.39, 0.29) is 17.7 Å². The molecular weight excluding hydrogens is 432 g/mol. The summed E-state index contributed by atoms with van der Waals surface area (Å²) in [4.78, 5) is 41.8. The summed E-state index contributed by atoms with van der Waals surface area (Å²) in [7, 11) is 0. The van der Waals surface area contributed by atoms with Crippen LogP contribution in [0.3, 0.4) is 0 Å². The summed E-state index contributed by atoms with van der Waals surface area (Å²) in [6, 6.07) is 9.47. The summed E-state index contributed by atoms with van der Waals surface area (Å²) in [6.07, 6.45) is 2.32. The molecule has 2 aromatic heterocycles. The molecule has 4 aromatic rings. The summed E-state index contributed by atoms with van der Waals surface area (Å²) >= 11 is 6.32. The van der Waals surface area contributed by atoms with E-state index >= 15 is 0 Å². The number of carbonyl (C=O) groups is 1. The van der Waals surface area contributed by atoms with E-state index in [1.807, 2.05) is 6.92 Å². The summed E-state index contributed by atoms with van der Waals surface area (Å²) in [5.41, 5.74) is 1.90. The van der Waals surface area contributed by atoms with Crippen molar-refractivity contribution in [2.75, 3.05) is 0 Å². The van der Waals surface area contributed by atoms with Crippen LogP contribution in [-0.4, -0.2) is 15.5 Å². The van der Waals surface area contributed by atoms with Crippen LogP contribution in [-0.2, 0) is 30.7 Å². The molecule has 0 fully saturated rings. The van der Waals surface area contributed by atoms with Gasteiger partial charge in [0.05, 0.1) is 16.5 Å². The van der Waals surface area contributed by atoms with Gasteiger partial charge in [0.15, 0.2) is 0 Å². The van der Waals surface area contributed by atoms with Gasteiger partial charge in [0.25, 0.3) is 5.56 Å². The predicted molar refractivity (Wildman–Crippen MR) is 120 cm³/mol. The topological polar surface area (TPSA) is 91.4 Å². The number of aromatic nitrogens is 2.